The number of nitrogens with zero attached hydrogens (tertiary/aromatic N) is 3. The third kappa shape index (κ3) is 1.98. The molecule has 0 saturated heterocycles. The molecule has 0 radical (unpaired) electrons. The Kier molecular flexibility index (Phi) is 2.79. The molecule has 0 saturated carbocycles. The summed E-state index contributed by atoms with van der Waals surface area (Å²) in [6.45, 7) is 0. The number of hydrogen-bond donors (Lipinski definition) is 1. The Morgan fingerprint density at radius 1 is 1.31 bits per heavy atom. The third-order valence-electron chi connectivity index (χ3n) is 2.27. The lowest BCUT2D eigenvalue weighted by molar-refractivity contribution is 1.20. The smallest absolute Gasteiger partial charge is 0.127 e. The number of aromatic nitrogens is 2. The van der Waals surface area contributed by atoms with Crippen molar-refractivity contribution >= 4 is 5.82 Å². The Labute approximate surface area is 93.4 Å². The lowest BCUT2D eigenvalue weighted by Crippen LogP contribution is -1.97. The maximum atomic E-state index is 8.66. The summed E-state index contributed by atoms with van der Waals surface area (Å²) in [6, 6.07) is 7.74. The van der Waals surface area contributed by atoms with Crippen LogP contribution in [0.1, 0.15) is 5.56 Å². The molecule has 2 aromatic rings. The zero-order valence-corrected chi connectivity index (χ0v) is 8.59. The van der Waals surface area contributed by atoms with E-state index >= 15 is 0 Å². The lowest BCUT2D eigenvalue weighted by Gasteiger charge is -2.04. The van der Waals surface area contributed by atoms with Crippen molar-refractivity contribution in [2.45, 2.75) is 6.42 Å². The number of anilines is 1. The summed E-state index contributed by atoms with van der Waals surface area (Å²) >= 11 is 0. The first-order valence-corrected chi connectivity index (χ1v) is 4.83. The number of nitrogens with two attached hydrogens (primary N) is 1. The van der Waals surface area contributed by atoms with Gasteiger partial charge in [0.15, 0.2) is 0 Å². The molecule has 2 N–H and O–H groups in total. The van der Waals surface area contributed by atoms with Gasteiger partial charge < -0.3 is 5.73 Å². The molecule has 0 aliphatic rings. The van der Waals surface area contributed by atoms with E-state index in [1.807, 2.05) is 18.2 Å². The first-order valence-electron chi connectivity index (χ1n) is 4.83. The number of pyridine rings is 2. The van der Waals surface area contributed by atoms with Crippen molar-refractivity contribution in [2.75, 3.05) is 5.73 Å². The van der Waals surface area contributed by atoms with E-state index in [9.17, 15) is 0 Å². The van der Waals surface area contributed by atoms with Crippen LogP contribution in [0.2, 0.25) is 0 Å². The van der Waals surface area contributed by atoms with Crippen molar-refractivity contribution in [3.05, 3.63) is 42.4 Å². The average molecular weight is 210 g/mol. The Bertz CT molecular complexity index is 528. The van der Waals surface area contributed by atoms with Crippen LogP contribution >= 0.6 is 0 Å². The van der Waals surface area contributed by atoms with Crippen LogP contribution in [0.15, 0.2) is 36.8 Å². The topological polar surface area (TPSA) is 75.6 Å². The minimum absolute atomic E-state index is 0.271. The molecule has 2 heterocycles. The van der Waals surface area contributed by atoms with Crippen LogP contribution in [0.3, 0.4) is 0 Å². The van der Waals surface area contributed by atoms with Crippen LogP contribution in [-0.4, -0.2) is 9.97 Å². The van der Waals surface area contributed by atoms with Gasteiger partial charge in [-0.15, -0.1) is 0 Å². The van der Waals surface area contributed by atoms with Gasteiger partial charge in [-0.1, -0.05) is 6.07 Å². The van der Waals surface area contributed by atoms with Crippen molar-refractivity contribution in [3.63, 3.8) is 0 Å². The maximum Gasteiger partial charge on any atom is 0.127 e. The number of nitrogen functional groups attached to an aromatic ring is 1. The van der Waals surface area contributed by atoms with Crippen molar-refractivity contribution in [1.82, 2.24) is 9.97 Å². The van der Waals surface area contributed by atoms with Crippen LogP contribution in [-0.2, 0) is 6.42 Å². The molecular formula is C12H10N4. The second-order valence-electron chi connectivity index (χ2n) is 3.34. The highest BCUT2D eigenvalue weighted by molar-refractivity contribution is 5.64. The highest BCUT2D eigenvalue weighted by Gasteiger charge is 2.04. The minimum Gasteiger partial charge on any atom is -0.383 e. The van der Waals surface area contributed by atoms with Gasteiger partial charge in [0.25, 0.3) is 0 Å². The molecular weight excluding hydrogens is 200 g/mol. The molecule has 4 nitrogen and oxygen atoms in total. The predicted octanol–water partition coefficient (Wildman–Crippen LogP) is 1.79. The molecule has 0 atom stereocenters. The monoisotopic (exact) mass is 210 g/mol. The summed E-state index contributed by atoms with van der Waals surface area (Å²) in [5.74, 6) is 0.411. The van der Waals surface area contributed by atoms with Gasteiger partial charge in [-0.05, 0) is 12.1 Å². The summed E-state index contributed by atoms with van der Waals surface area (Å²) < 4.78 is 0. The summed E-state index contributed by atoms with van der Waals surface area (Å²) in [4.78, 5) is 8.11. The molecule has 2 aromatic heterocycles. The van der Waals surface area contributed by atoms with Gasteiger partial charge in [-0.3, -0.25) is 4.98 Å². The largest absolute Gasteiger partial charge is 0.383 e. The van der Waals surface area contributed by atoms with E-state index in [4.69, 9.17) is 11.0 Å². The highest BCUT2D eigenvalue weighted by atomic mass is 14.8. The van der Waals surface area contributed by atoms with Gasteiger partial charge in [0.05, 0.1) is 12.5 Å². The maximum absolute atomic E-state index is 8.66. The van der Waals surface area contributed by atoms with Crippen molar-refractivity contribution in [1.29, 1.82) is 5.26 Å². The molecule has 0 amide bonds. The van der Waals surface area contributed by atoms with Crippen LogP contribution in [0.4, 0.5) is 5.82 Å². The number of hydrogen-bond acceptors (Lipinski definition) is 4. The minimum atomic E-state index is 0.271. The normalized spacial score (nSPS) is 9.69. The van der Waals surface area contributed by atoms with Crippen molar-refractivity contribution in [3.8, 4) is 17.2 Å². The molecule has 0 aliphatic carbocycles. The van der Waals surface area contributed by atoms with E-state index < -0.39 is 0 Å². The van der Waals surface area contributed by atoms with Gasteiger partial charge in [-0.25, -0.2) is 4.98 Å². The Morgan fingerprint density at radius 3 is 2.88 bits per heavy atom. The van der Waals surface area contributed by atoms with E-state index in [1.54, 1.807) is 18.6 Å². The molecule has 0 aromatic carbocycles. The van der Waals surface area contributed by atoms with Gasteiger partial charge in [0.1, 0.15) is 5.82 Å². The molecule has 4 heteroatoms. The van der Waals surface area contributed by atoms with E-state index in [0.717, 1.165) is 16.7 Å². The second kappa shape index (κ2) is 4.41. The summed E-state index contributed by atoms with van der Waals surface area (Å²) in [6.07, 6.45) is 5.42. The molecule has 0 bridgehead atoms. The lowest BCUT2D eigenvalue weighted by atomic mass is 10.1. The van der Waals surface area contributed by atoms with E-state index in [1.165, 1.54) is 0 Å². The van der Waals surface area contributed by atoms with E-state index in [-0.39, 0.29) is 6.42 Å². The first kappa shape index (κ1) is 10.1. The number of nitriles is 1. The van der Waals surface area contributed by atoms with Crippen LogP contribution in [0.25, 0.3) is 11.1 Å². The molecule has 0 fully saturated rings. The Morgan fingerprint density at radius 2 is 2.19 bits per heavy atom. The average Bonchev–Trinajstić information content (AvgIpc) is 2.33. The fraction of sp³-hybridized carbons (Fsp3) is 0.0833. The first-order chi connectivity index (χ1) is 7.81. The molecule has 0 spiro atoms. The van der Waals surface area contributed by atoms with Gasteiger partial charge in [0.2, 0.25) is 0 Å². The predicted molar refractivity (Wildman–Crippen MR) is 61.2 cm³/mol. The molecule has 78 valence electrons. The number of rotatable bonds is 2. The zero-order valence-electron chi connectivity index (χ0n) is 8.59. The van der Waals surface area contributed by atoms with Crippen molar-refractivity contribution in [2.24, 2.45) is 0 Å². The highest BCUT2D eigenvalue weighted by Crippen LogP contribution is 2.21. The molecule has 2 rings (SSSR count). The third-order valence-corrected chi connectivity index (χ3v) is 2.27. The van der Waals surface area contributed by atoms with E-state index in [2.05, 4.69) is 16.0 Å². The van der Waals surface area contributed by atoms with Crippen LogP contribution < -0.4 is 5.73 Å². The van der Waals surface area contributed by atoms with Crippen LogP contribution in [0.5, 0.6) is 0 Å². The van der Waals surface area contributed by atoms with Gasteiger partial charge in [-0.2, -0.15) is 5.26 Å². The fourth-order valence-electron chi connectivity index (χ4n) is 1.44. The Hall–Kier alpha value is -2.41. The zero-order chi connectivity index (χ0) is 11.4. The van der Waals surface area contributed by atoms with Crippen molar-refractivity contribution < 1.29 is 0 Å². The molecule has 0 aliphatic heterocycles. The summed E-state index contributed by atoms with van der Waals surface area (Å²) in [7, 11) is 0. The Balaban J connectivity index is 2.45. The fourth-order valence-corrected chi connectivity index (χ4v) is 1.44. The quantitative estimate of drug-likeness (QED) is 0.819. The summed E-state index contributed by atoms with van der Waals surface area (Å²) in [5, 5.41) is 8.66. The van der Waals surface area contributed by atoms with Crippen LogP contribution in [0, 0.1) is 11.3 Å². The SMILES string of the molecule is N#CCc1cc(-c2cccnc2)cnc1N. The summed E-state index contributed by atoms with van der Waals surface area (Å²) in [5.41, 5.74) is 8.32. The van der Waals surface area contributed by atoms with E-state index in [0.29, 0.717) is 5.82 Å². The molecule has 16 heavy (non-hydrogen) atoms. The molecule has 0 unspecified atom stereocenters. The standard InChI is InChI=1S/C12H10N4/c13-4-3-9-6-11(8-16-12(9)14)10-2-1-5-15-7-10/h1-2,5-8H,3H2,(H2,14,16). The second-order valence-corrected chi connectivity index (χ2v) is 3.34. The van der Waals surface area contributed by atoms with Gasteiger partial charge >= 0.3 is 0 Å². The van der Waals surface area contributed by atoms with Gasteiger partial charge in [0, 0.05) is 35.3 Å².